The monoisotopic (exact) mass is 232 g/mol. The normalized spacial score (nSPS) is 18.8. The molecular formula is C10H20N2O4. The summed E-state index contributed by atoms with van der Waals surface area (Å²) in [6.07, 6.45) is 1.94. The van der Waals surface area contributed by atoms with Gasteiger partial charge in [0.2, 0.25) is 0 Å². The lowest BCUT2D eigenvalue weighted by Crippen LogP contribution is -2.41. The number of nitrogens with one attached hydrogen (secondary N) is 1. The summed E-state index contributed by atoms with van der Waals surface area (Å²) in [4.78, 5) is 10.9. The molecule has 0 aliphatic carbocycles. The van der Waals surface area contributed by atoms with Gasteiger partial charge in [-0.25, -0.2) is 0 Å². The minimum Gasteiger partial charge on any atom is -0.480 e. The van der Waals surface area contributed by atoms with Crippen LogP contribution in [0.1, 0.15) is 19.3 Å². The van der Waals surface area contributed by atoms with Gasteiger partial charge in [0.15, 0.2) is 6.29 Å². The molecule has 0 radical (unpaired) electrons. The van der Waals surface area contributed by atoms with Gasteiger partial charge in [-0.2, -0.15) is 0 Å². The fourth-order valence-corrected chi connectivity index (χ4v) is 1.57. The van der Waals surface area contributed by atoms with Crippen LogP contribution < -0.4 is 11.1 Å². The van der Waals surface area contributed by atoms with Gasteiger partial charge in [0.25, 0.3) is 0 Å². The minimum absolute atomic E-state index is 0.309. The van der Waals surface area contributed by atoms with Crippen LogP contribution in [0.5, 0.6) is 0 Å². The average molecular weight is 232 g/mol. The number of unbranched alkanes of at least 4 members (excludes halogenated alkanes) is 1. The van der Waals surface area contributed by atoms with E-state index in [1.54, 1.807) is 0 Å². The van der Waals surface area contributed by atoms with Gasteiger partial charge in [0.1, 0.15) is 6.04 Å². The standard InChI is InChI=1S/C10H20N2O4/c11-4-2-1-3-8(10(13)14)12-7-9-15-5-6-16-9/h8-9,12H,1-7,11H2,(H,13,14)/t8-/m0/s1. The molecule has 0 amide bonds. The van der Waals surface area contributed by atoms with Crippen LogP contribution in [0.3, 0.4) is 0 Å². The first-order valence-electron chi connectivity index (χ1n) is 5.63. The summed E-state index contributed by atoms with van der Waals surface area (Å²) >= 11 is 0. The topological polar surface area (TPSA) is 93.8 Å². The van der Waals surface area contributed by atoms with Crippen molar-refractivity contribution < 1.29 is 19.4 Å². The molecular weight excluding hydrogens is 212 g/mol. The molecule has 16 heavy (non-hydrogen) atoms. The van der Waals surface area contributed by atoms with Crippen LogP contribution in [0.25, 0.3) is 0 Å². The Bertz CT molecular complexity index is 207. The molecule has 1 fully saturated rings. The summed E-state index contributed by atoms with van der Waals surface area (Å²) in [5, 5.41) is 11.9. The Morgan fingerprint density at radius 1 is 1.44 bits per heavy atom. The van der Waals surface area contributed by atoms with E-state index in [0.717, 1.165) is 12.8 Å². The maximum Gasteiger partial charge on any atom is 0.320 e. The van der Waals surface area contributed by atoms with Crippen LogP contribution in [0.15, 0.2) is 0 Å². The molecule has 1 aliphatic rings. The molecule has 1 heterocycles. The number of carbonyl (C=O) groups is 1. The lowest BCUT2D eigenvalue weighted by molar-refractivity contribution is -0.140. The molecule has 0 saturated carbocycles. The second-order valence-electron chi connectivity index (χ2n) is 3.75. The first-order valence-corrected chi connectivity index (χ1v) is 5.63. The second-order valence-corrected chi connectivity index (χ2v) is 3.75. The van der Waals surface area contributed by atoms with E-state index in [0.29, 0.717) is 32.7 Å². The predicted molar refractivity (Wildman–Crippen MR) is 58.0 cm³/mol. The first kappa shape index (κ1) is 13.4. The van der Waals surface area contributed by atoms with Crippen LogP contribution in [0.2, 0.25) is 0 Å². The Balaban J connectivity index is 2.18. The number of rotatable bonds is 8. The first-order chi connectivity index (χ1) is 7.74. The molecule has 1 saturated heterocycles. The molecule has 0 bridgehead atoms. The molecule has 6 nitrogen and oxygen atoms in total. The molecule has 0 unspecified atom stereocenters. The molecule has 1 aliphatic heterocycles. The highest BCUT2D eigenvalue weighted by Gasteiger charge is 2.21. The highest BCUT2D eigenvalue weighted by molar-refractivity contribution is 5.73. The van der Waals surface area contributed by atoms with Gasteiger partial charge in [-0.15, -0.1) is 0 Å². The van der Waals surface area contributed by atoms with Crippen molar-refractivity contribution in [1.29, 1.82) is 0 Å². The highest BCUT2D eigenvalue weighted by atomic mass is 16.7. The van der Waals surface area contributed by atoms with E-state index in [1.165, 1.54) is 0 Å². The zero-order valence-electron chi connectivity index (χ0n) is 9.35. The summed E-state index contributed by atoms with van der Waals surface area (Å²) in [7, 11) is 0. The Morgan fingerprint density at radius 2 is 2.12 bits per heavy atom. The van der Waals surface area contributed by atoms with Crippen molar-refractivity contribution in [3.63, 3.8) is 0 Å². The Morgan fingerprint density at radius 3 is 2.69 bits per heavy atom. The van der Waals surface area contributed by atoms with E-state index in [2.05, 4.69) is 5.32 Å². The van der Waals surface area contributed by atoms with Crippen LogP contribution in [0.4, 0.5) is 0 Å². The van der Waals surface area contributed by atoms with Crippen molar-refractivity contribution in [2.75, 3.05) is 26.3 Å². The molecule has 0 aromatic carbocycles. The van der Waals surface area contributed by atoms with Crippen molar-refractivity contribution in [3.8, 4) is 0 Å². The number of carboxylic acids is 1. The van der Waals surface area contributed by atoms with Crippen LogP contribution in [0, 0.1) is 0 Å². The maximum atomic E-state index is 10.9. The van der Waals surface area contributed by atoms with Gasteiger partial charge in [0.05, 0.1) is 13.2 Å². The Labute approximate surface area is 95.1 Å². The maximum absolute atomic E-state index is 10.9. The van der Waals surface area contributed by atoms with Crippen molar-refractivity contribution in [1.82, 2.24) is 5.32 Å². The van der Waals surface area contributed by atoms with Crippen LogP contribution in [-0.2, 0) is 14.3 Å². The van der Waals surface area contributed by atoms with Gasteiger partial charge < -0.3 is 20.3 Å². The Kier molecular flexibility index (Phi) is 6.32. The molecule has 1 atom stereocenters. The summed E-state index contributed by atoms with van der Waals surface area (Å²) in [5.41, 5.74) is 5.36. The number of carboxylic acid groups (broad SMARTS) is 1. The fourth-order valence-electron chi connectivity index (χ4n) is 1.57. The minimum atomic E-state index is -0.838. The predicted octanol–water partition coefficient (Wildman–Crippen LogP) is -0.469. The third-order valence-electron chi connectivity index (χ3n) is 2.47. The molecule has 6 heteroatoms. The van der Waals surface area contributed by atoms with Crippen LogP contribution in [-0.4, -0.2) is 49.7 Å². The average Bonchev–Trinajstić information content (AvgIpc) is 2.75. The van der Waals surface area contributed by atoms with Gasteiger partial charge in [-0.1, -0.05) is 6.42 Å². The van der Waals surface area contributed by atoms with Crippen molar-refractivity contribution >= 4 is 5.97 Å². The van der Waals surface area contributed by atoms with E-state index in [9.17, 15) is 4.79 Å². The molecule has 0 spiro atoms. The fraction of sp³-hybridized carbons (Fsp3) is 0.900. The van der Waals surface area contributed by atoms with Crippen molar-refractivity contribution in [2.24, 2.45) is 5.73 Å². The van der Waals surface area contributed by atoms with Gasteiger partial charge in [-0.3, -0.25) is 10.1 Å². The summed E-state index contributed by atoms with van der Waals surface area (Å²) in [6, 6.07) is -0.542. The lowest BCUT2D eigenvalue weighted by atomic mass is 10.1. The smallest absolute Gasteiger partial charge is 0.320 e. The van der Waals surface area contributed by atoms with E-state index >= 15 is 0 Å². The van der Waals surface area contributed by atoms with E-state index in [-0.39, 0.29) is 6.29 Å². The van der Waals surface area contributed by atoms with Crippen LogP contribution >= 0.6 is 0 Å². The third kappa shape index (κ3) is 4.89. The quantitative estimate of drug-likeness (QED) is 0.490. The molecule has 4 N–H and O–H groups in total. The van der Waals surface area contributed by atoms with E-state index in [4.69, 9.17) is 20.3 Å². The SMILES string of the molecule is NCCCC[C@H](NCC1OCCO1)C(=O)O. The van der Waals surface area contributed by atoms with Crippen molar-refractivity contribution in [2.45, 2.75) is 31.6 Å². The molecule has 0 aromatic heterocycles. The lowest BCUT2D eigenvalue weighted by Gasteiger charge is -2.16. The number of ether oxygens (including phenoxy) is 2. The Hall–Kier alpha value is -0.690. The van der Waals surface area contributed by atoms with Gasteiger partial charge in [0, 0.05) is 6.54 Å². The van der Waals surface area contributed by atoms with Gasteiger partial charge >= 0.3 is 5.97 Å². The molecule has 0 aromatic rings. The van der Waals surface area contributed by atoms with E-state index < -0.39 is 12.0 Å². The number of hydrogen-bond acceptors (Lipinski definition) is 5. The molecule has 1 rings (SSSR count). The summed E-state index contributed by atoms with van der Waals surface area (Å²) in [5.74, 6) is -0.838. The number of aliphatic carboxylic acids is 1. The van der Waals surface area contributed by atoms with Crippen molar-refractivity contribution in [3.05, 3.63) is 0 Å². The second kappa shape index (κ2) is 7.56. The highest BCUT2D eigenvalue weighted by Crippen LogP contribution is 2.05. The van der Waals surface area contributed by atoms with E-state index in [1.807, 2.05) is 0 Å². The zero-order chi connectivity index (χ0) is 11.8. The summed E-state index contributed by atoms with van der Waals surface area (Å²) in [6.45, 7) is 2.18. The largest absolute Gasteiger partial charge is 0.480 e. The van der Waals surface area contributed by atoms with Gasteiger partial charge in [-0.05, 0) is 19.4 Å². The molecule has 94 valence electrons. The third-order valence-corrected chi connectivity index (χ3v) is 2.47. The number of hydrogen-bond donors (Lipinski definition) is 3. The summed E-state index contributed by atoms with van der Waals surface area (Å²) < 4.78 is 10.4. The number of nitrogens with two attached hydrogens (primary N) is 1. The zero-order valence-corrected chi connectivity index (χ0v) is 9.35.